The van der Waals surface area contributed by atoms with Gasteiger partial charge >= 0.3 is 5.97 Å². The van der Waals surface area contributed by atoms with Crippen molar-refractivity contribution < 1.29 is 29.9 Å². The molecule has 0 aromatic heterocycles. The molecular weight excluding hydrogens is 312 g/mol. The fourth-order valence-corrected chi connectivity index (χ4v) is 2.34. The zero-order chi connectivity index (χ0) is 17.7. The Labute approximate surface area is 141 Å². The molecule has 132 valence electrons. The number of nitrogens with zero attached hydrogens (tertiary/aromatic N) is 1. The van der Waals surface area contributed by atoms with Crippen LogP contribution in [0.2, 0.25) is 0 Å². The minimum Gasteiger partial charge on any atom is -0.504 e. The van der Waals surface area contributed by atoms with E-state index in [0.29, 0.717) is 12.2 Å². The van der Waals surface area contributed by atoms with Gasteiger partial charge in [0.15, 0.2) is 23.6 Å². The number of ether oxygens (including phenoxy) is 2. The second-order valence-electron chi connectivity index (χ2n) is 5.98. The van der Waals surface area contributed by atoms with Gasteiger partial charge in [0.2, 0.25) is 0 Å². The summed E-state index contributed by atoms with van der Waals surface area (Å²) in [6.45, 7) is 4.14. The topological polar surface area (TPSA) is 105 Å². The minimum atomic E-state index is -0.377. The van der Waals surface area contributed by atoms with E-state index in [1.807, 2.05) is 13.8 Å². The predicted molar refractivity (Wildman–Crippen MR) is 87.8 cm³/mol. The van der Waals surface area contributed by atoms with Gasteiger partial charge in [-0.05, 0) is 24.6 Å². The first-order chi connectivity index (χ1) is 11.5. The SMILES string of the molecule is CCC(C)[C@H]([NH3+])C(=O)OCC1CC(c2ccc(O)c(OC)c2)=NO1. The van der Waals surface area contributed by atoms with Crippen molar-refractivity contribution in [2.75, 3.05) is 13.7 Å². The lowest BCUT2D eigenvalue weighted by Crippen LogP contribution is -2.68. The summed E-state index contributed by atoms with van der Waals surface area (Å²) >= 11 is 0. The van der Waals surface area contributed by atoms with E-state index in [9.17, 15) is 9.90 Å². The van der Waals surface area contributed by atoms with Crippen molar-refractivity contribution in [3.05, 3.63) is 23.8 Å². The maximum Gasteiger partial charge on any atom is 0.365 e. The highest BCUT2D eigenvalue weighted by Gasteiger charge is 2.28. The number of hydrogen-bond donors (Lipinski definition) is 2. The quantitative estimate of drug-likeness (QED) is 0.725. The van der Waals surface area contributed by atoms with Crippen LogP contribution >= 0.6 is 0 Å². The highest BCUT2D eigenvalue weighted by atomic mass is 16.7. The van der Waals surface area contributed by atoms with E-state index in [-0.39, 0.29) is 36.4 Å². The Bertz CT molecular complexity index is 617. The van der Waals surface area contributed by atoms with Gasteiger partial charge in [0, 0.05) is 17.9 Å². The second kappa shape index (κ2) is 8.01. The minimum absolute atomic E-state index is 0.0674. The molecule has 0 saturated heterocycles. The van der Waals surface area contributed by atoms with Gasteiger partial charge in [-0.3, -0.25) is 0 Å². The normalized spacial score (nSPS) is 19.2. The van der Waals surface area contributed by atoms with Gasteiger partial charge in [-0.2, -0.15) is 0 Å². The average molecular weight is 337 g/mol. The van der Waals surface area contributed by atoms with Crippen LogP contribution in [0, 0.1) is 5.92 Å². The summed E-state index contributed by atoms with van der Waals surface area (Å²) in [6.07, 6.45) is 1.08. The summed E-state index contributed by atoms with van der Waals surface area (Å²) in [4.78, 5) is 17.3. The maximum atomic E-state index is 12.0. The number of phenolic OH excluding ortho intramolecular Hbond substituents is 1. The zero-order valence-electron chi connectivity index (χ0n) is 14.3. The highest BCUT2D eigenvalue weighted by Crippen LogP contribution is 2.28. The summed E-state index contributed by atoms with van der Waals surface area (Å²) in [5, 5.41) is 13.7. The van der Waals surface area contributed by atoms with Gasteiger partial charge < -0.3 is 25.2 Å². The summed E-state index contributed by atoms with van der Waals surface area (Å²) in [6, 6.07) is 4.60. The molecule has 1 heterocycles. The fraction of sp³-hybridized carbons (Fsp3) is 0.529. The third-order valence-corrected chi connectivity index (χ3v) is 4.29. The van der Waals surface area contributed by atoms with Gasteiger partial charge in [-0.25, -0.2) is 4.79 Å². The van der Waals surface area contributed by atoms with Crippen LogP contribution in [-0.4, -0.2) is 42.7 Å². The monoisotopic (exact) mass is 337 g/mol. The zero-order valence-corrected chi connectivity index (χ0v) is 14.3. The summed E-state index contributed by atoms with van der Waals surface area (Å²) in [5.74, 6) is 0.308. The molecule has 4 N–H and O–H groups in total. The number of carbonyl (C=O) groups excluding carboxylic acids is 1. The van der Waals surface area contributed by atoms with Crippen LogP contribution in [0.5, 0.6) is 11.5 Å². The molecule has 0 spiro atoms. The predicted octanol–water partition coefficient (Wildman–Crippen LogP) is 1.09. The third kappa shape index (κ3) is 4.17. The number of esters is 1. The summed E-state index contributed by atoms with van der Waals surface area (Å²) < 4.78 is 10.4. The molecule has 1 aliphatic heterocycles. The number of aromatic hydroxyl groups is 1. The molecule has 7 heteroatoms. The van der Waals surface area contributed by atoms with Crippen molar-refractivity contribution in [1.29, 1.82) is 0 Å². The molecule has 1 aromatic rings. The molecule has 0 radical (unpaired) electrons. The van der Waals surface area contributed by atoms with Crippen LogP contribution in [0.25, 0.3) is 0 Å². The van der Waals surface area contributed by atoms with Crippen molar-refractivity contribution in [3.63, 3.8) is 0 Å². The Kier molecular flexibility index (Phi) is 6.03. The van der Waals surface area contributed by atoms with Crippen molar-refractivity contribution in [3.8, 4) is 11.5 Å². The Hall–Kier alpha value is -2.28. The van der Waals surface area contributed by atoms with Crippen LogP contribution in [0.3, 0.4) is 0 Å². The molecule has 2 rings (SSSR count). The lowest BCUT2D eigenvalue weighted by molar-refractivity contribution is -0.420. The molecular formula is C17H25N2O5+. The molecule has 0 bridgehead atoms. The number of carbonyl (C=O) groups is 1. The Morgan fingerprint density at radius 1 is 1.54 bits per heavy atom. The molecule has 3 atom stereocenters. The molecule has 0 fully saturated rings. The van der Waals surface area contributed by atoms with E-state index in [1.54, 1.807) is 18.2 Å². The molecule has 0 aliphatic carbocycles. The molecule has 1 aliphatic rings. The van der Waals surface area contributed by atoms with Gasteiger partial charge in [-0.1, -0.05) is 19.0 Å². The standard InChI is InChI=1S/C17H24N2O5/c1-4-10(2)16(18)17(21)23-9-12-8-13(19-24-12)11-5-6-14(20)15(7-11)22-3/h5-7,10,12,16,20H,4,8-9,18H2,1-3H3/p+1/t10?,12?,16-/m0/s1. The van der Waals surface area contributed by atoms with Crippen LogP contribution < -0.4 is 10.5 Å². The van der Waals surface area contributed by atoms with Crippen LogP contribution in [0.4, 0.5) is 0 Å². The number of benzene rings is 1. The highest BCUT2D eigenvalue weighted by molar-refractivity contribution is 6.01. The van der Waals surface area contributed by atoms with Crippen molar-refractivity contribution in [2.45, 2.75) is 38.8 Å². The molecule has 2 unspecified atom stereocenters. The number of rotatable bonds is 7. The van der Waals surface area contributed by atoms with E-state index < -0.39 is 0 Å². The van der Waals surface area contributed by atoms with Gasteiger partial charge in [0.25, 0.3) is 0 Å². The number of phenols is 1. The number of oxime groups is 1. The van der Waals surface area contributed by atoms with Crippen molar-refractivity contribution in [2.24, 2.45) is 11.1 Å². The first kappa shape index (κ1) is 18.1. The van der Waals surface area contributed by atoms with E-state index in [4.69, 9.17) is 14.3 Å². The number of quaternary nitrogens is 1. The third-order valence-electron chi connectivity index (χ3n) is 4.29. The van der Waals surface area contributed by atoms with Crippen LogP contribution in [-0.2, 0) is 14.4 Å². The van der Waals surface area contributed by atoms with Gasteiger partial charge in [0.1, 0.15) is 6.61 Å². The van der Waals surface area contributed by atoms with Gasteiger partial charge in [0.05, 0.1) is 12.8 Å². The lowest BCUT2D eigenvalue weighted by atomic mass is 10.0. The Morgan fingerprint density at radius 3 is 2.96 bits per heavy atom. The molecule has 0 amide bonds. The van der Waals surface area contributed by atoms with Crippen LogP contribution in [0.15, 0.2) is 23.4 Å². The largest absolute Gasteiger partial charge is 0.504 e. The van der Waals surface area contributed by atoms with Gasteiger partial charge in [-0.15, -0.1) is 0 Å². The van der Waals surface area contributed by atoms with E-state index >= 15 is 0 Å². The first-order valence-electron chi connectivity index (χ1n) is 8.06. The Balaban J connectivity index is 1.88. The fourth-order valence-electron chi connectivity index (χ4n) is 2.34. The van der Waals surface area contributed by atoms with Crippen LogP contribution in [0.1, 0.15) is 32.3 Å². The number of methoxy groups -OCH3 is 1. The molecule has 7 nitrogen and oxygen atoms in total. The van der Waals surface area contributed by atoms with Crippen molar-refractivity contribution >= 4 is 11.7 Å². The summed E-state index contributed by atoms with van der Waals surface area (Å²) in [7, 11) is 1.49. The second-order valence-corrected chi connectivity index (χ2v) is 5.98. The molecule has 24 heavy (non-hydrogen) atoms. The Morgan fingerprint density at radius 2 is 2.29 bits per heavy atom. The van der Waals surface area contributed by atoms with E-state index in [2.05, 4.69) is 10.9 Å². The average Bonchev–Trinajstić information content (AvgIpc) is 3.07. The van der Waals surface area contributed by atoms with E-state index in [0.717, 1.165) is 17.7 Å². The van der Waals surface area contributed by atoms with E-state index in [1.165, 1.54) is 7.11 Å². The summed E-state index contributed by atoms with van der Waals surface area (Å²) in [5.41, 5.74) is 5.39. The molecule has 0 saturated carbocycles. The van der Waals surface area contributed by atoms with Crippen molar-refractivity contribution in [1.82, 2.24) is 0 Å². The molecule has 1 aromatic carbocycles. The first-order valence-corrected chi connectivity index (χ1v) is 8.06. The lowest BCUT2D eigenvalue weighted by Gasteiger charge is -2.15. The number of hydrogen-bond acceptors (Lipinski definition) is 6. The smallest absolute Gasteiger partial charge is 0.365 e. The maximum absolute atomic E-state index is 12.0.